The van der Waals surface area contributed by atoms with Crippen LogP contribution in [0.1, 0.15) is 43.7 Å². The summed E-state index contributed by atoms with van der Waals surface area (Å²) in [7, 11) is 5.75. The molecule has 0 bridgehead atoms. The Bertz CT molecular complexity index is 1150. The summed E-state index contributed by atoms with van der Waals surface area (Å²) in [6, 6.07) is 8.19. The maximum absolute atomic E-state index is 11.9. The standard InChI is InChI=1S/C29H38N6O/c1-6-11-25(19-30-3)26-20-32-28(24-13-8-12-23(18-24)22(7-2)21-34(4)5)33-29(26)31-15-10-17-35-16-9-14-27(35)36/h7-8,11-13,18-21H,2,6,9-10,14-17H2,1,3-5H3,(H,31,32,33)/b22-21+,25-11+,30-19-. The number of amides is 1. The molecule has 1 saturated heterocycles. The zero-order valence-electron chi connectivity index (χ0n) is 22.0. The van der Waals surface area contributed by atoms with E-state index >= 15 is 0 Å². The highest BCUT2D eigenvalue weighted by Crippen LogP contribution is 2.27. The van der Waals surface area contributed by atoms with Crippen LogP contribution < -0.4 is 5.32 Å². The van der Waals surface area contributed by atoms with Crippen molar-refractivity contribution in [1.82, 2.24) is 19.8 Å². The summed E-state index contributed by atoms with van der Waals surface area (Å²) in [5.41, 5.74) is 4.92. The fourth-order valence-electron chi connectivity index (χ4n) is 4.24. The van der Waals surface area contributed by atoms with Crippen molar-refractivity contribution in [3.8, 4) is 11.4 Å². The molecule has 0 aliphatic carbocycles. The van der Waals surface area contributed by atoms with E-state index in [2.05, 4.69) is 42.0 Å². The van der Waals surface area contributed by atoms with Gasteiger partial charge in [-0.2, -0.15) is 0 Å². The first kappa shape index (κ1) is 26.9. The van der Waals surface area contributed by atoms with Gasteiger partial charge in [0.05, 0.1) is 0 Å². The average Bonchev–Trinajstić information content (AvgIpc) is 3.29. The first-order valence-corrected chi connectivity index (χ1v) is 12.6. The lowest BCUT2D eigenvalue weighted by Gasteiger charge is -2.17. The molecule has 7 heteroatoms. The third-order valence-electron chi connectivity index (χ3n) is 5.93. The molecule has 1 N–H and O–H groups in total. The molecular formula is C29H38N6O. The van der Waals surface area contributed by atoms with Crippen molar-refractivity contribution in [3.63, 3.8) is 0 Å². The Kier molecular flexibility index (Phi) is 9.98. The minimum absolute atomic E-state index is 0.259. The van der Waals surface area contributed by atoms with Gasteiger partial charge in [0.1, 0.15) is 5.82 Å². The summed E-state index contributed by atoms with van der Waals surface area (Å²) < 4.78 is 0. The van der Waals surface area contributed by atoms with E-state index in [1.54, 1.807) is 7.05 Å². The molecule has 0 radical (unpaired) electrons. The van der Waals surface area contributed by atoms with E-state index in [0.717, 1.165) is 66.0 Å². The van der Waals surface area contributed by atoms with Crippen molar-refractivity contribution in [1.29, 1.82) is 0 Å². The number of hydrogen-bond donors (Lipinski definition) is 1. The molecule has 1 fully saturated rings. The highest BCUT2D eigenvalue weighted by atomic mass is 16.2. The van der Waals surface area contributed by atoms with Crippen LogP contribution in [-0.4, -0.2) is 72.7 Å². The Balaban J connectivity index is 1.91. The quantitative estimate of drug-likeness (QED) is 0.255. The van der Waals surface area contributed by atoms with Gasteiger partial charge in [0.15, 0.2) is 5.82 Å². The van der Waals surface area contributed by atoms with E-state index in [-0.39, 0.29) is 5.91 Å². The van der Waals surface area contributed by atoms with Crippen molar-refractivity contribution in [3.05, 3.63) is 66.5 Å². The average molecular weight is 487 g/mol. The van der Waals surface area contributed by atoms with Gasteiger partial charge in [-0.1, -0.05) is 43.9 Å². The Morgan fingerprint density at radius 1 is 1.31 bits per heavy atom. The summed E-state index contributed by atoms with van der Waals surface area (Å²) in [5.74, 6) is 1.68. The van der Waals surface area contributed by atoms with Gasteiger partial charge in [-0.3, -0.25) is 9.79 Å². The summed E-state index contributed by atoms with van der Waals surface area (Å²) in [6.45, 7) is 8.41. The van der Waals surface area contributed by atoms with E-state index in [0.29, 0.717) is 18.8 Å². The predicted molar refractivity (Wildman–Crippen MR) is 151 cm³/mol. The number of carbonyl (C=O) groups is 1. The van der Waals surface area contributed by atoms with Crippen LogP contribution in [0.25, 0.3) is 22.5 Å². The topological polar surface area (TPSA) is 73.7 Å². The predicted octanol–water partition coefficient (Wildman–Crippen LogP) is 5.15. The number of aromatic nitrogens is 2. The van der Waals surface area contributed by atoms with E-state index in [4.69, 9.17) is 9.97 Å². The van der Waals surface area contributed by atoms with Gasteiger partial charge in [0.2, 0.25) is 5.91 Å². The van der Waals surface area contributed by atoms with E-state index in [9.17, 15) is 4.79 Å². The van der Waals surface area contributed by atoms with Gasteiger partial charge in [0, 0.05) is 82.5 Å². The van der Waals surface area contributed by atoms with Gasteiger partial charge < -0.3 is 15.1 Å². The number of aliphatic imine (C=N–C) groups is 1. The second-order valence-electron chi connectivity index (χ2n) is 9.01. The molecule has 2 aromatic rings. The van der Waals surface area contributed by atoms with E-state index < -0.39 is 0 Å². The third kappa shape index (κ3) is 7.13. The van der Waals surface area contributed by atoms with Crippen LogP contribution >= 0.6 is 0 Å². The normalized spacial score (nSPS) is 14.6. The van der Waals surface area contributed by atoms with Crippen LogP contribution in [0.3, 0.4) is 0 Å². The van der Waals surface area contributed by atoms with Gasteiger partial charge in [-0.15, -0.1) is 0 Å². The van der Waals surface area contributed by atoms with Crippen molar-refractivity contribution < 1.29 is 4.79 Å². The number of rotatable bonds is 12. The largest absolute Gasteiger partial charge is 0.383 e. The molecule has 2 heterocycles. The minimum Gasteiger partial charge on any atom is -0.383 e. The second kappa shape index (κ2) is 13.4. The molecule has 7 nitrogen and oxygen atoms in total. The lowest BCUT2D eigenvalue weighted by atomic mass is 10.0. The summed E-state index contributed by atoms with van der Waals surface area (Å²) in [4.78, 5) is 29.8. The molecule has 1 aromatic carbocycles. The molecule has 1 aliphatic heterocycles. The van der Waals surface area contributed by atoms with Crippen LogP contribution in [0.4, 0.5) is 5.82 Å². The zero-order valence-corrected chi connectivity index (χ0v) is 22.0. The number of nitrogens with one attached hydrogen (secondary N) is 1. The van der Waals surface area contributed by atoms with Crippen molar-refractivity contribution in [2.75, 3.05) is 46.1 Å². The molecule has 1 aliphatic rings. The highest BCUT2D eigenvalue weighted by Gasteiger charge is 2.19. The molecule has 0 saturated carbocycles. The maximum atomic E-state index is 11.9. The van der Waals surface area contributed by atoms with Crippen LogP contribution in [0, 0.1) is 0 Å². The Morgan fingerprint density at radius 3 is 2.81 bits per heavy atom. The molecule has 0 spiro atoms. The minimum atomic E-state index is 0.259. The molecule has 0 atom stereocenters. The molecule has 36 heavy (non-hydrogen) atoms. The number of nitrogens with zero attached hydrogens (tertiary/aromatic N) is 5. The molecule has 0 unspecified atom stereocenters. The number of carbonyl (C=O) groups excluding carboxylic acids is 1. The third-order valence-corrected chi connectivity index (χ3v) is 5.93. The lowest BCUT2D eigenvalue weighted by molar-refractivity contribution is -0.127. The van der Waals surface area contributed by atoms with Crippen molar-refractivity contribution in [2.45, 2.75) is 32.6 Å². The molecule has 1 aromatic heterocycles. The fraction of sp³-hybridized carbons (Fsp3) is 0.379. The second-order valence-corrected chi connectivity index (χ2v) is 9.01. The first-order chi connectivity index (χ1) is 17.5. The maximum Gasteiger partial charge on any atom is 0.222 e. The number of likely N-dealkylation sites (tertiary alicyclic amines) is 1. The monoisotopic (exact) mass is 486 g/mol. The Morgan fingerprint density at radius 2 is 2.14 bits per heavy atom. The summed E-state index contributed by atoms with van der Waals surface area (Å²) in [5, 5.41) is 3.51. The van der Waals surface area contributed by atoms with Crippen LogP contribution in [-0.2, 0) is 4.79 Å². The number of hydrogen-bond acceptors (Lipinski definition) is 6. The van der Waals surface area contributed by atoms with E-state index in [1.165, 1.54) is 0 Å². The summed E-state index contributed by atoms with van der Waals surface area (Å²) in [6.07, 6.45) is 13.1. The highest BCUT2D eigenvalue weighted by molar-refractivity contribution is 6.11. The van der Waals surface area contributed by atoms with Gasteiger partial charge in [-0.25, -0.2) is 9.97 Å². The molecular weight excluding hydrogens is 448 g/mol. The smallest absolute Gasteiger partial charge is 0.222 e. The van der Waals surface area contributed by atoms with Crippen molar-refractivity contribution >= 4 is 29.1 Å². The molecule has 3 rings (SSSR count). The lowest BCUT2D eigenvalue weighted by Crippen LogP contribution is -2.27. The van der Waals surface area contributed by atoms with Gasteiger partial charge in [0.25, 0.3) is 0 Å². The van der Waals surface area contributed by atoms with Gasteiger partial charge in [-0.05, 0) is 36.5 Å². The molecule has 190 valence electrons. The van der Waals surface area contributed by atoms with E-state index in [1.807, 2.05) is 60.7 Å². The summed E-state index contributed by atoms with van der Waals surface area (Å²) >= 11 is 0. The fourth-order valence-corrected chi connectivity index (χ4v) is 4.24. The SMILES string of the molecule is C=C/C(=C\N(C)C)c1cccc(-c2ncc(C(/C=N\C)=C/CC)c(NCCCN3CCCC3=O)n2)c1. The Hall–Kier alpha value is -3.74. The van der Waals surface area contributed by atoms with Crippen LogP contribution in [0.2, 0.25) is 0 Å². The number of anilines is 1. The van der Waals surface area contributed by atoms with Crippen LogP contribution in [0.15, 0.2) is 60.4 Å². The number of benzene rings is 1. The zero-order chi connectivity index (χ0) is 25.9. The van der Waals surface area contributed by atoms with Gasteiger partial charge >= 0.3 is 0 Å². The molecule has 1 amide bonds. The first-order valence-electron chi connectivity index (χ1n) is 12.6. The van der Waals surface area contributed by atoms with Crippen molar-refractivity contribution in [2.24, 2.45) is 4.99 Å². The van der Waals surface area contributed by atoms with Crippen LogP contribution in [0.5, 0.6) is 0 Å². The Labute approximate surface area is 215 Å². The number of allylic oxidation sites excluding steroid dienone is 4.